The maximum Gasteiger partial charge on any atom is 0.416 e. The molecule has 0 aliphatic heterocycles. The lowest BCUT2D eigenvalue weighted by atomic mass is 9.79. The van der Waals surface area contributed by atoms with Gasteiger partial charge in [0.2, 0.25) is 0 Å². The van der Waals surface area contributed by atoms with Crippen molar-refractivity contribution in [3.05, 3.63) is 83.4 Å². The molecule has 0 radical (unpaired) electrons. The van der Waals surface area contributed by atoms with Crippen molar-refractivity contribution in [3.63, 3.8) is 0 Å². The third-order valence-corrected chi connectivity index (χ3v) is 5.78. The minimum atomic E-state index is -4.42. The molecule has 6 heteroatoms. The van der Waals surface area contributed by atoms with E-state index in [0.717, 1.165) is 43.4 Å². The van der Waals surface area contributed by atoms with E-state index in [1.165, 1.54) is 24.3 Å². The van der Waals surface area contributed by atoms with Crippen molar-refractivity contribution in [2.45, 2.75) is 50.3 Å². The van der Waals surface area contributed by atoms with Crippen molar-refractivity contribution < 1.29 is 26.7 Å². The van der Waals surface area contributed by atoms with Gasteiger partial charge in [-0.2, -0.15) is 22.0 Å². The molecule has 3 rings (SSSR count). The quantitative estimate of drug-likeness (QED) is 0.331. The first kappa shape index (κ1) is 22.5. The van der Waals surface area contributed by atoms with E-state index in [2.05, 4.69) is 6.58 Å². The summed E-state index contributed by atoms with van der Waals surface area (Å²) in [7, 11) is 0. The van der Waals surface area contributed by atoms with Gasteiger partial charge in [-0.05, 0) is 67.2 Å². The Labute approximate surface area is 173 Å². The van der Waals surface area contributed by atoms with Crippen LogP contribution in [0.5, 0.6) is 0 Å². The van der Waals surface area contributed by atoms with Crippen molar-refractivity contribution in [1.82, 2.24) is 0 Å². The smallest absolute Gasteiger partial charge is 0.316 e. The summed E-state index contributed by atoms with van der Waals surface area (Å²) in [5.74, 6) is 0.924. The first-order chi connectivity index (χ1) is 14.2. The zero-order valence-electron chi connectivity index (χ0n) is 16.6. The largest absolute Gasteiger partial charge is 0.416 e. The monoisotopic (exact) mass is 424 g/mol. The Bertz CT molecular complexity index is 816. The Morgan fingerprint density at radius 1 is 0.833 bits per heavy atom. The second-order valence-corrected chi connectivity index (χ2v) is 7.78. The molecule has 1 nitrogen and oxygen atoms in total. The summed E-state index contributed by atoms with van der Waals surface area (Å²) >= 11 is 0. The molecule has 0 N–H and O–H groups in total. The molecule has 162 valence electrons. The lowest BCUT2D eigenvalue weighted by Gasteiger charge is -2.27. The van der Waals surface area contributed by atoms with Crippen LogP contribution >= 0.6 is 0 Å². The van der Waals surface area contributed by atoms with Crippen molar-refractivity contribution in [2.24, 2.45) is 5.92 Å². The molecule has 0 spiro atoms. The molecule has 0 unspecified atom stereocenters. The molecule has 30 heavy (non-hydrogen) atoms. The molecule has 1 saturated carbocycles. The summed E-state index contributed by atoms with van der Waals surface area (Å²) in [6.07, 6.45) is -1.60. The minimum Gasteiger partial charge on any atom is -0.316 e. The number of hydrogen-bond acceptors (Lipinski definition) is 1. The second kappa shape index (κ2) is 9.29. The fourth-order valence-corrected chi connectivity index (χ4v) is 3.88. The number of benzene rings is 2. The third kappa shape index (κ3) is 5.69. The Kier molecular flexibility index (Phi) is 6.96. The standard InChI is InChI=1S/C24H25F5O/c1-2-17-3-7-19(8-4-17)20-9-13-22(14-10-20)24(28,29)30-16-15-18-5-11-21(12-6-18)23(25,26)27/h2,5-6,9-14,17,19H,1,3-4,7-8,15-16H2/t17-,19-. The average Bonchev–Trinajstić information content (AvgIpc) is 2.73. The fraction of sp³-hybridized carbons (Fsp3) is 0.417. The van der Waals surface area contributed by atoms with Gasteiger partial charge in [0.1, 0.15) is 0 Å². The lowest BCUT2D eigenvalue weighted by Crippen LogP contribution is -2.20. The third-order valence-electron chi connectivity index (χ3n) is 5.78. The van der Waals surface area contributed by atoms with E-state index in [1.807, 2.05) is 6.08 Å². The highest BCUT2D eigenvalue weighted by Gasteiger charge is 2.33. The van der Waals surface area contributed by atoms with Crippen LogP contribution in [0.4, 0.5) is 22.0 Å². The van der Waals surface area contributed by atoms with Crippen molar-refractivity contribution in [1.29, 1.82) is 0 Å². The maximum absolute atomic E-state index is 14.4. The summed E-state index contributed by atoms with van der Waals surface area (Å²) in [6, 6.07) is 10.7. The first-order valence-electron chi connectivity index (χ1n) is 10.1. The van der Waals surface area contributed by atoms with Gasteiger partial charge in [-0.3, -0.25) is 0 Å². The van der Waals surface area contributed by atoms with Gasteiger partial charge < -0.3 is 4.74 Å². The van der Waals surface area contributed by atoms with Crippen LogP contribution in [-0.4, -0.2) is 6.61 Å². The molecule has 0 bridgehead atoms. The molecule has 1 aliphatic carbocycles. The summed E-state index contributed by atoms with van der Waals surface area (Å²) in [5.41, 5.74) is 0.570. The molecule has 0 aromatic heterocycles. The van der Waals surface area contributed by atoms with E-state index in [9.17, 15) is 22.0 Å². The van der Waals surface area contributed by atoms with Gasteiger partial charge in [-0.25, -0.2) is 0 Å². The highest BCUT2D eigenvalue weighted by Crippen LogP contribution is 2.37. The Balaban J connectivity index is 1.53. The number of alkyl halides is 5. The molecule has 1 fully saturated rings. The predicted molar refractivity (Wildman–Crippen MR) is 106 cm³/mol. The van der Waals surface area contributed by atoms with Gasteiger partial charge in [-0.1, -0.05) is 42.5 Å². The highest BCUT2D eigenvalue weighted by atomic mass is 19.4. The van der Waals surface area contributed by atoms with E-state index in [0.29, 0.717) is 17.4 Å². The van der Waals surface area contributed by atoms with Crippen molar-refractivity contribution in [2.75, 3.05) is 6.61 Å². The number of rotatable bonds is 7. The van der Waals surface area contributed by atoms with Crippen LogP contribution in [0.15, 0.2) is 61.2 Å². The zero-order chi connectivity index (χ0) is 21.8. The zero-order valence-corrected chi connectivity index (χ0v) is 16.6. The van der Waals surface area contributed by atoms with Crippen molar-refractivity contribution >= 4 is 0 Å². The maximum atomic E-state index is 14.4. The van der Waals surface area contributed by atoms with E-state index >= 15 is 0 Å². The van der Waals surface area contributed by atoms with E-state index in [4.69, 9.17) is 4.74 Å². The number of allylic oxidation sites excluding steroid dienone is 1. The molecule has 0 amide bonds. The Morgan fingerprint density at radius 2 is 1.40 bits per heavy atom. The lowest BCUT2D eigenvalue weighted by molar-refractivity contribution is -0.248. The van der Waals surface area contributed by atoms with Crippen molar-refractivity contribution in [3.8, 4) is 0 Å². The van der Waals surface area contributed by atoms with Gasteiger partial charge in [0.25, 0.3) is 0 Å². The minimum absolute atomic E-state index is 0.0956. The van der Waals surface area contributed by atoms with E-state index in [-0.39, 0.29) is 18.6 Å². The Hall–Kier alpha value is -2.21. The first-order valence-corrected chi connectivity index (χ1v) is 10.1. The second-order valence-electron chi connectivity index (χ2n) is 7.78. The molecular formula is C24H25F5O. The SMILES string of the molecule is C=C[C@H]1CC[C@H](c2ccc(C(F)(F)OCCc3ccc(C(F)(F)F)cc3)cc2)CC1. The summed E-state index contributed by atoms with van der Waals surface area (Å²) in [5, 5.41) is 0. The van der Waals surface area contributed by atoms with Gasteiger partial charge >= 0.3 is 12.3 Å². The van der Waals surface area contributed by atoms with Crippen LogP contribution in [0.3, 0.4) is 0 Å². The molecule has 2 aromatic rings. The molecular weight excluding hydrogens is 399 g/mol. The van der Waals surface area contributed by atoms with Gasteiger partial charge in [0.15, 0.2) is 0 Å². The molecule has 2 aromatic carbocycles. The molecule has 0 saturated heterocycles. The van der Waals surface area contributed by atoms with Gasteiger partial charge in [-0.15, -0.1) is 6.58 Å². The van der Waals surface area contributed by atoms with Crippen LogP contribution < -0.4 is 0 Å². The van der Waals surface area contributed by atoms with E-state index < -0.39 is 17.8 Å². The summed E-state index contributed by atoms with van der Waals surface area (Å²) < 4.78 is 71.2. The summed E-state index contributed by atoms with van der Waals surface area (Å²) in [4.78, 5) is 0. The van der Waals surface area contributed by atoms with Crippen LogP contribution in [0.2, 0.25) is 0 Å². The number of ether oxygens (including phenoxy) is 1. The van der Waals surface area contributed by atoms with Crippen LogP contribution in [0, 0.1) is 5.92 Å². The Morgan fingerprint density at radius 3 is 1.93 bits per heavy atom. The van der Waals surface area contributed by atoms with Gasteiger partial charge in [0, 0.05) is 0 Å². The van der Waals surface area contributed by atoms with Crippen LogP contribution in [-0.2, 0) is 23.4 Å². The fourth-order valence-electron chi connectivity index (χ4n) is 3.88. The average molecular weight is 424 g/mol. The summed E-state index contributed by atoms with van der Waals surface area (Å²) in [6.45, 7) is 3.54. The van der Waals surface area contributed by atoms with Crippen LogP contribution in [0.1, 0.15) is 53.9 Å². The predicted octanol–water partition coefficient (Wildman–Crippen LogP) is 7.47. The van der Waals surface area contributed by atoms with Gasteiger partial charge in [0.05, 0.1) is 17.7 Å². The molecule has 0 heterocycles. The highest BCUT2D eigenvalue weighted by molar-refractivity contribution is 5.28. The normalized spacial score (nSPS) is 20.2. The molecule has 0 atom stereocenters. The number of halogens is 5. The topological polar surface area (TPSA) is 9.23 Å². The van der Waals surface area contributed by atoms with E-state index in [1.54, 1.807) is 12.1 Å². The van der Waals surface area contributed by atoms with Crippen LogP contribution in [0.25, 0.3) is 0 Å². The number of hydrogen-bond donors (Lipinski definition) is 0. The molecule has 1 aliphatic rings.